The molecule has 0 aliphatic carbocycles. The molecular formula is C15H20O3S. The van der Waals surface area contributed by atoms with Crippen LogP contribution in [0.25, 0.3) is 6.08 Å². The van der Waals surface area contributed by atoms with Crippen LogP contribution in [0.15, 0.2) is 30.3 Å². The molecule has 0 saturated carbocycles. The lowest BCUT2D eigenvalue weighted by Gasteiger charge is -2.09. The molecule has 4 heteroatoms. The molecule has 0 spiro atoms. The van der Waals surface area contributed by atoms with Gasteiger partial charge in [-0.1, -0.05) is 26.0 Å². The van der Waals surface area contributed by atoms with Crippen LogP contribution in [0.5, 0.6) is 5.75 Å². The Labute approximate surface area is 118 Å². The molecule has 0 aliphatic heterocycles. The lowest BCUT2D eigenvalue weighted by atomic mass is 10.2. The average molecular weight is 280 g/mol. The minimum atomic E-state index is -0.948. The van der Waals surface area contributed by atoms with Crippen molar-refractivity contribution in [3.8, 4) is 5.75 Å². The van der Waals surface area contributed by atoms with Gasteiger partial charge in [-0.05, 0) is 30.2 Å². The van der Waals surface area contributed by atoms with E-state index in [4.69, 9.17) is 9.84 Å². The highest BCUT2D eigenvalue weighted by molar-refractivity contribution is 7.99. The number of carboxylic acid groups (broad SMARTS) is 1. The number of hydrogen-bond acceptors (Lipinski definition) is 3. The monoisotopic (exact) mass is 280 g/mol. The van der Waals surface area contributed by atoms with Crippen molar-refractivity contribution in [2.24, 2.45) is 0 Å². The molecule has 0 radical (unpaired) electrons. The molecule has 1 atom stereocenters. The Hall–Kier alpha value is -1.42. The van der Waals surface area contributed by atoms with Crippen molar-refractivity contribution in [3.05, 3.63) is 35.9 Å². The lowest BCUT2D eigenvalue weighted by molar-refractivity contribution is -0.131. The number of benzene rings is 1. The largest absolute Gasteiger partial charge is 0.493 e. The number of carboxylic acids is 1. The summed E-state index contributed by atoms with van der Waals surface area (Å²) in [6, 6.07) is 7.43. The summed E-state index contributed by atoms with van der Waals surface area (Å²) in [5.41, 5.74) is 0.828. The van der Waals surface area contributed by atoms with Crippen molar-refractivity contribution < 1.29 is 14.6 Å². The fourth-order valence-electron chi connectivity index (χ4n) is 1.40. The maximum absolute atomic E-state index is 10.4. The van der Waals surface area contributed by atoms with E-state index in [0.717, 1.165) is 23.1 Å². The van der Waals surface area contributed by atoms with E-state index in [1.54, 1.807) is 6.08 Å². The summed E-state index contributed by atoms with van der Waals surface area (Å²) in [7, 11) is 0. The molecule has 104 valence electrons. The van der Waals surface area contributed by atoms with E-state index in [2.05, 4.69) is 13.8 Å². The van der Waals surface area contributed by atoms with Crippen LogP contribution in [0.4, 0.5) is 0 Å². The first kappa shape index (κ1) is 15.6. The van der Waals surface area contributed by atoms with Gasteiger partial charge in [0.2, 0.25) is 0 Å². The maximum atomic E-state index is 10.4. The SMILES string of the molecule is CCC(C)SCCOc1cccc(/C=C/C(=O)O)c1. The highest BCUT2D eigenvalue weighted by Gasteiger charge is 2.00. The van der Waals surface area contributed by atoms with E-state index >= 15 is 0 Å². The zero-order valence-electron chi connectivity index (χ0n) is 11.3. The van der Waals surface area contributed by atoms with Crippen LogP contribution in [-0.2, 0) is 4.79 Å². The first-order valence-corrected chi connectivity index (χ1v) is 7.42. The second-order valence-corrected chi connectivity index (χ2v) is 5.73. The number of carbonyl (C=O) groups is 1. The summed E-state index contributed by atoms with van der Waals surface area (Å²) in [6.07, 6.45) is 3.85. The van der Waals surface area contributed by atoms with Gasteiger partial charge in [-0.2, -0.15) is 11.8 Å². The average Bonchev–Trinajstić information content (AvgIpc) is 2.41. The fraction of sp³-hybridized carbons (Fsp3) is 0.400. The number of aliphatic carboxylic acids is 1. The predicted molar refractivity (Wildman–Crippen MR) is 80.8 cm³/mol. The highest BCUT2D eigenvalue weighted by atomic mass is 32.2. The molecule has 0 aromatic heterocycles. The smallest absolute Gasteiger partial charge is 0.328 e. The third kappa shape index (κ3) is 6.91. The van der Waals surface area contributed by atoms with Gasteiger partial charge in [0, 0.05) is 17.1 Å². The molecule has 1 aromatic carbocycles. The minimum Gasteiger partial charge on any atom is -0.493 e. The zero-order chi connectivity index (χ0) is 14.1. The van der Waals surface area contributed by atoms with Crippen LogP contribution in [-0.4, -0.2) is 28.7 Å². The Morgan fingerprint density at radius 2 is 2.32 bits per heavy atom. The molecule has 0 bridgehead atoms. The second kappa shape index (κ2) is 8.64. The summed E-state index contributed by atoms with van der Waals surface area (Å²) in [4.78, 5) is 10.4. The molecule has 19 heavy (non-hydrogen) atoms. The summed E-state index contributed by atoms with van der Waals surface area (Å²) in [6.45, 7) is 5.06. The second-order valence-electron chi connectivity index (χ2n) is 4.18. The Morgan fingerprint density at radius 1 is 1.53 bits per heavy atom. The quantitative estimate of drug-likeness (QED) is 0.582. The van der Waals surface area contributed by atoms with Crippen molar-refractivity contribution in [3.63, 3.8) is 0 Å². The fourth-order valence-corrected chi connectivity index (χ4v) is 2.22. The summed E-state index contributed by atoms with van der Waals surface area (Å²) in [5.74, 6) is 0.790. The highest BCUT2D eigenvalue weighted by Crippen LogP contribution is 2.17. The molecule has 0 heterocycles. The Balaban J connectivity index is 2.42. The van der Waals surface area contributed by atoms with Crippen LogP contribution in [0.1, 0.15) is 25.8 Å². The van der Waals surface area contributed by atoms with Gasteiger partial charge in [0.15, 0.2) is 0 Å². The summed E-state index contributed by atoms with van der Waals surface area (Å²) >= 11 is 1.90. The molecule has 0 aliphatic rings. The van der Waals surface area contributed by atoms with Crippen molar-refractivity contribution in [1.82, 2.24) is 0 Å². The number of thioether (sulfide) groups is 1. The molecule has 3 nitrogen and oxygen atoms in total. The standard InChI is InChI=1S/C15H20O3S/c1-3-12(2)19-10-9-18-14-6-4-5-13(11-14)7-8-15(16)17/h4-8,11-12H,3,9-10H2,1-2H3,(H,16,17)/b8-7+. The zero-order valence-corrected chi connectivity index (χ0v) is 12.2. The Morgan fingerprint density at radius 3 is 3.00 bits per heavy atom. The van der Waals surface area contributed by atoms with Crippen molar-refractivity contribution in [2.45, 2.75) is 25.5 Å². The molecule has 0 saturated heterocycles. The van der Waals surface area contributed by atoms with Crippen LogP contribution >= 0.6 is 11.8 Å². The normalized spacial score (nSPS) is 12.5. The van der Waals surface area contributed by atoms with E-state index in [0.29, 0.717) is 11.9 Å². The van der Waals surface area contributed by atoms with E-state index in [1.165, 1.54) is 6.42 Å². The van der Waals surface area contributed by atoms with Crippen molar-refractivity contribution in [2.75, 3.05) is 12.4 Å². The van der Waals surface area contributed by atoms with Gasteiger partial charge in [0.05, 0.1) is 6.61 Å². The molecule has 1 rings (SSSR count). The first-order valence-electron chi connectivity index (χ1n) is 6.37. The number of hydrogen-bond donors (Lipinski definition) is 1. The third-order valence-electron chi connectivity index (χ3n) is 2.61. The maximum Gasteiger partial charge on any atom is 0.328 e. The van der Waals surface area contributed by atoms with Crippen LogP contribution in [0, 0.1) is 0 Å². The molecular weight excluding hydrogens is 260 g/mol. The van der Waals surface area contributed by atoms with Crippen LogP contribution < -0.4 is 4.74 Å². The molecule has 1 aromatic rings. The van der Waals surface area contributed by atoms with Gasteiger partial charge < -0.3 is 9.84 Å². The molecule has 0 amide bonds. The molecule has 1 N–H and O–H groups in total. The third-order valence-corrected chi connectivity index (χ3v) is 3.91. The van der Waals surface area contributed by atoms with Crippen molar-refractivity contribution in [1.29, 1.82) is 0 Å². The minimum absolute atomic E-state index is 0.661. The van der Waals surface area contributed by atoms with Crippen molar-refractivity contribution >= 4 is 23.8 Å². The Bertz CT molecular complexity index is 429. The summed E-state index contributed by atoms with van der Waals surface area (Å²) < 4.78 is 5.65. The van der Waals surface area contributed by atoms with Gasteiger partial charge in [-0.25, -0.2) is 4.79 Å². The Kier molecular flexibility index (Phi) is 7.11. The van der Waals surface area contributed by atoms with E-state index in [-0.39, 0.29) is 0 Å². The van der Waals surface area contributed by atoms with Crippen LogP contribution in [0.3, 0.4) is 0 Å². The first-order chi connectivity index (χ1) is 9.11. The molecule has 1 unspecified atom stereocenters. The van der Waals surface area contributed by atoms with Gasteiger partial charge >= 0.3 is 5.97 Å². The number of ether oxygens (including phenoxy) is 1. The van der Waals surface area contributed by atoms with E-state index in [9.17, 15) is 4.79 Å². The topological polar surface area (TPSA) is 46.5 Å². The van der Waals surface area contributed by atoms with Gasteiger partial charge in [0.1, 0.15) is 5.75 Å². The van der Waals surface area contributed by atoms with Gasteiger partial charge in [0.25, 0.3) is 0 Å². The molecule has 0 fully saturated rings. The predicted octanol–water partition coefficient (Wildman–Crippen LogP) is 3.69. The van der Waals surface area contributed by atoms with E-state index < -0.39 is 5.97 Å². The van der Waals surface area contributed by atoms with E-state index in [1.807, 2.05) is 36.0 Å². The van der Waals surface area contributed by atoms with Crippen LogP contribution in [0.2, 0.25) is 0 Å². The lowest BCUT2D eigenvalue weighted by Crippen LogP contribution is -2.04. The number of rotatable bonds is 8. The van der Waals surface area contributed by atoms with Gasteiger partial charge in [-0.15, -0.1) is 0 Å². The van der Waals surface area contributed by atoms with Gasteiger partial charge in [-0.3, -0.25) is 0 Å². The summed E-state index contributed by atoms with van der Waals surface area (Å²) in [5, 5.41) is 9.23.